The van der Waals surface area contributed by atoms with E-state index < -0.39 is 47.2 Å². The lowest BCUT2D eigenvalue weighted by molar-refractivity contribution is 0.0462. The van der Waals surface area contributed by atoms with Crippen LogP contribution in [0.3, 0.4) is 0 Å². The molecule has 0 aromatic heterocycles. The molecule has 0 aliphatic heterocycles. The molecule has 0 amide bonds. The van der Waals surface area contributed by atoms with Gasteiger partial charge in [0, 0.05) is 0 Å². The van der Waals surface area contributed by atoms with Crippen molar-refractivity contribution in [3.05, 3.63) is 64.5 Å². The largest absolute Gasteiger partial charge is 0.508 e. The van der Waals surface area contributed by atoms with Gasteiger partial charge in [0.25, 0.3) is 0 Å². The molecule has 2 aromatic carbocycles. The van der Waals surface area contributed by atoms with Crippen LogP contribution < -0.4 is 0 Å². The molecular weight excluding hydrogens is 311 g/mol. The predicted molar refractivity (Wildman–Crippen MR) is 63.5 cm³/mol. The van der Waals surface area contributed by atoms with E-state index in [0.717, 1.165) is 24.3 Å². The molecule has 0 saturated carbocycles. The van der Waals surface area contributed by atoms with E-state index in [-0.39, 0.29) is 11.3 Å². The number of halogens is 5. The minimum atomic E-state index is -2.29. The van der Waals surface area contributed by atoms with Gasteiger partial charge in [0.05, 0.1) is 11.1 Å². The summed E-state index contributed by atoms with van der Waals surface area (Å²) in [5, 5.41) is 9.04. The Morgan fingerprint density at radius 1 is 0.864 bits per heavy atom. The van der Waals surface area contributed by atoms with Crippen molar-refractivity contribution in [3.63, 3.8) is 0 Å². The standard InChI is InChI=1S/C14H7F5O3/c15-9-8(10(16)12(18)13(19)11(9)17)5-22-14(21)6-1-3-7(20)4-2-6/h1-4,20H,5H2. The van der Waals surface area contributed by atoms with Crippen LogP contribution in [0.5, 0.6) is 5.75 Å². The van der Waals surface area contributed by atoms with Gasteiger partial charge in [0.2, 0.25) is 5.82 Å². The van der Waals surface area contributed by atoms with E-state index in [2.05, 4.69) is 4.74 Å². The smallest absolute Gasteiger partial charge is 0.338 e. The average Bonchev–Trinajstić information content (AvgIpc) is 2.51. The van der Waals surface area contributed by atoms with Gasteiger partial charge in [-0.1, -0.05) is 0 Å². The van der Waals surface area contributed by atoms with Gasteiger partial charge in [0.1, 0.15) is 12.4 Å². The van der Waals surface area contributed by atoms with Crippen molar-refractivity contribution < 1.29 is 36.6 Å². The van der Waals surface area contributed by atoms with E-state index in [9.17, 15) is 26.7 Å². The van der Waals surface area contributed by atoms with Crippen LogP contribution in [-0.4, -0.2) is 11.1 Å². The Morgan fingerprint density at radius 2 is 1.32 bits per heavy atom. The topological polar surface area (TPSA) is 46.5 Å². The summed E-state index contributed by atoms with van der Waals surface area (Å²) in [6, 6.07) is 4.65. The maximum atomic E-state index is 13.4. The van der Waals surface area contributed by atoms with Crippen molar-refractivity contribution >= 4 is 5.97 Å². The van der Waals surface area contributed by atoms with Crippen LogP contribution in [0.25, 0.3) is 0 Å². The first kappa shape index (κ1) is 15.7. The Kier molecular flexibility index (Phi) is 4.30. The summed E-state index contributed by atoms with van der Waals surface area (Å²) in [4.78, 5) is 11.6. The molecule has 0 aliphatic rings. The summed E-state index contributed by atoms with van der Waals surface area (Å²) >= 11 is 0. The van der Waals surface area contributed by atoms with Crippen molar-refractivity contribution in [1.82, 2.24) is 0 Å². The first-order valence-corrected chi connectivity index (χ1v) is 5.79. The molecule has 0 heterocycles. The maximum absolute atomic E-state index is 13.4. The van der Waals surface area contributed by atoms with Gasteiger partial charge >= 0.3 is 5.97 Å². The summed E-state index contributed by atoms with van der Waals surface area (Å²) in [7, 11) is 0. The van der Waals surface area contributed by atoms with Crippen LogP contribution in [0.15, 0.2) is 24.3 Å². The number of phenols is 1. The number of rotatable bonds is 3. The second-order valence-electron chi connectivity index (χ2n) is 4.17. The molecule has 0 atom stereocenters. The van der Waals surface area contributed by atoms with Crippen molar-refractivity contribution in [2.75, 3.05) is 0 Å². The molecule has 0 aliphatic carbocycles. The molecule has 8 heteroatoms. The van der Waals surface area contributed by atoms with Crippen molar-refractivity contribution in [1.29, 1.82) is 0 Å². The van der Waals surface area contributed by atoms with E-state index in [1.807, 2.05) is 0 Å². The lowest BCUT2D eigenvalue weighted by atomic mass is 10.1. The van der Waals surface area contributed by atoms with E-state index >= 15 is 0 Å². The second kappa shape index (κ2) is 6.00. The van der Waals surface area contributed by atoms with E-state index in [0.29, 0.717) is 0 Å². The number of carbonyl (C=O) groups is 1. The number of hydrogen-bond donors (Lipinski definition) is 1. The number of ether oxygens (including phenoxy) is 1. The molecule has 116 valence electrons. The van der Waals surface area contributed by atoms with Crippen molar-refractivity contribution in [2.45, 2.75) is 6.61 Å². The van der Waals surface area contributed by atoms with Gasteiger partial charge in [-0.25, -0.2) is 26.7 Å². The van der Waals surface area contributed by atoms with E-state index in [4.69, 9.17) is 5.11 Å². The molecule has 0 radical (unpaired) electrons. The van der Waals surface area contributed by atoms with E-state index in [1.54, 1.807) is 0 Å². The highest BCUT2D eigenvalue weighted by atomic mass is 19.2. The maximum Gasteiger partial charge on any atom is 0.338 e. The molecule has 2 aromatic rings. The number of hydrogen-bond acceptors (Lipinski definition) is 3. The monoisotopic (exact) mass is 318 g/mol. The van der Waals surface area contributed by atoms with Crippen LogP contribution in [-0.2, 0) is 11.3 Å². The molecule has 0 spiro atoms. The third-order valence-corrected chi connectivity index (χ3v) is 2.75. The fourth-order valence-corrected chi connectivity index (χ4v) is 1.60. The lowest BCUT2D eigenvalue weighted by Crippen LogP contribution is -2.11. The Hall–Kier alpha value is -2.64. The highest BCUT2D eigenvalue weighted by Gasteiger charge is 2.26. The number of esters is 1. The first-order chi connectivity index (χ1) is 10.3. The number of benzene rings is 2. The normalized spacial score (nSPS) is 10.6. The molecule has 0 fully saturated rings. The van der Waals surface area contributed by atoms with Gasteiger partial charge in [-0.05, 0) is 24.3 Å². The van der Waals surface area contributed by atoms with Crippen LogP contribution in [0, 0.1) is 29.1 Å². The molecule has 0 bridgehead atoms. The summed E-state index contributed by atoms with van der Waals surface area (Å²) in [5.41, 5.74) is -1.31. The quantitative estimate of drug-likeness (QED) is 0.408. The SMILES string of the molecule is O=C(OCc1c(F)c(F)c(F)c(F)c1F)c1ccc(O)cc1. The summed E-state index contributed by atoms with van der Waals surface area (Å²) in [5.74, 6) is -11.8. The van der Waals surface area contributed by atoms with Crippen molar-refractivity contribution in [3.8, 4) is 5.75 Å². The Morgan fingerprint density at radius 3 is 1.82 bits per heavy atom. The van der Waals surface area contributed by atoms with E-state index in [1.165, 1.54) is 0 Å². The number of aromatic hydroxyl groups is 1. The third kappa shape index (κ3) is 2.85. The van der Waals surface area contributed by atoms with Crippen LogP contribution >= 0.6 is 0 Å². The molecular formula is C14H7F5O3. The highest BCUT2D eigenvalue weighted by Crippen LogP contribution is 2.24. The highest BCUT2D eigenvalue weighted by molar-refractivity contribution is 5.89. The van der Waals surface area contributed by atoms with Gasteiger partial charge < -0.3 is 9.84 Å². The average molecular weight is 318 g/mol. The minimum absolute atomic E-state index is 0.0679. The molecule has 0 saturated heterocycles. The third-order valence-electron chi connectivity index (χ3n) is 2.75. The summed E-state index contributed by atoms with van der Waals surface area (Å²) < 4.78 is 70.0. The Bertz CT molecular complexity index is 699. The van der Waals surface area contributed by atoms with Gasteiger partial charge in [0.15, 0.2) is 23.3 Å². The first-order valence-electron chi connectivity index (χ1n) is 5.79. The minimum Gasteiger partial charge on any atom is -0.508 e. The number of phenolic OH excluding ortho intramolecular Hbond substituents is 1. The molecule has 22 heavy (non-hydrogen) atoms. The fraction of sp³-hybridized carbons (Fsp3) is 0.0714. The zero-order chi connectivity index (χ0) is 16.4. The Labute approximate surface area is 120 Å². The van der Waals surface area contributed by atoms with Gasteiger partial charge in [-0.15, -0.1) is 0 Å². The zero-order valence-corrected chi connectivity index (χ0v) is 10.7. The molecule has 2 rings (SSSR count). The van der Waals surface area contributed by atoms with Crippen molar-refractivity contribution in [2.24, 2.45) is 0 Å². The molecule has 1 N–H and O–H groups in total. The summed E-state index contributed by atoms with van der Waals surface area (Å²) in [6.07, 6.45) is 0. The molecule has 3 nitrogen and oxygen atoms in total. The van der Waals surface area contributed by atoms with Crippen LogP contribution in [0.2, 0.25) is 0 Å². The van der Waals surface area contributed by atoms with Gasteiger partial charge in [-0.3, -0.25) is 0 Å². The van der Waals surface area contributed by atoms with Gasteiger partial charge in [-0.2, -0.15) is 0 Å². The second-order valence-corrected chi connectivity index (χ2v) is 4.17. The molecule has 0 unspecified atom stereocenters. The summed E-state index contributed by atoms with van der Waals surface area (Å²) in [6.45, 7) is -1.13. The zero-order valence-electron chi connectivity index (χ0n) is 10.7. The number of carbonyl (C=O) groups excluding carboxylic acids is 1. The Balaban J connectivity index is 2.22. The predicted octanol–water partition coefficient (Wildman–Crippen LogP) is 3.44. The fourth-order valence-electron chi connectivity index (χ4n) is 1.60. The lowest BCUT2D eigenvalue weighted by Gasteiger charge is -2.09. The van der Waals surface area contributed by atoms with Crippen LogP contribution in [0.4, 0.5) is 22.0 Å². The van der Waals surface area contributed by atoms with Crippen LogP contribution in [0.1, 0.15) is 15.9 Å².